The minimum atomic E-state index is 0.984. The Labute approximate surface area is 259 Å². The van der Waals surface area contributed by atoms with Crippen molar-refractivity contribution in [2.45, 2.75) is 38.8 Å². The summed E-state index contributed by atoms with van der Waals surface area (Å²) in [5, 5.41) is 5.59. The van der Waals surface area contributed by atoms with Crippen LogP contribution in [0.25, 0.3) is 43.8 Å². The van der Waals surface area contributed by atoms with E-state index in [2.05, 4.69) is 141 Å². The zero-order valence-corrected chi connectivity index (χ0v) is 24.9. The first-order chi connectivity index (χ1) is 21.8. The van der Waals surface area contributed by atoms with Gasteiger partial charge in [-0.1, -0.05) is 48.5 Å². The van der Waals surface area contributed by atoms with Gasteiger partial charge in [0.1, 0.15) is 13.1 Å². The molecule has 0 aliphatic heterocycles. The monoisotopic (exact) mass is 572 g/mol. The van der Waals surface area contributed by atoms with Gasteiger partial charge < -0.3 is 0 Å². The van der Waals surface area contributed by atoms with Crippen LogP contribution in [0.1, 0.15) is 24.0 Å². The Morgan fingerprint density at radius 2 is 0.705 bits per heavy atom. The maximum Gasteiger partial charge on any atom is 0.169 e. The molecule has 214 valence electrons. The highest BCUT2D eigenvalue weighted by molar-refractivity contribution is 6.05. The Morgan fingerprint density at radius 3 is 1.05 bits per heavy atom. The number of benzene rings is 3. The lowest BCUT2D eigenvalue weighted by Crippen LogP contribution is -2.32. The summed E-state index contributed by atoms with van der Waals surface area (Å²) < 4.78 is 4.59. The van der Waals surface area contributed by atoms with E-state index < -0.39 is 0 Å². The Balaban J connectivity index is 1.08. The molecule has 0 spiro atoms. The van der Waals surface area contributed by atoms with Gasteiger partial charge in [-0.25, -0.2) is 9.13 Å². The second kappa shape index (κ2) is 13.0. The van der Waals surface area contributed by atoms with Crippen LogP contribution in [0, 0.1) is 0 Å². The standard InChI is InChI=1S/C40H36N4/c1-2-8-36-35(7-1)39(11-5-25-43-27-17-33(18-28-43)31-13-21-41-22-14-31)37-9-3-4-10-38(37)40(36)12-6-26-44-29-19-34(20-30-44)32-15-23-42-24-16-32/h1-4,7-10,13-24,27-30H,5-6,11-12,25-26H2/q+2. The van der Waals surface area contributed by atoms with Gasteiger partial charge in [0.25, 0.3) is 0 Å². The topological polar surface area (TPSA) is 33.5 Å². The Bertz CT molecular complexity index is 1780. The smallest absolute Gasteiger partial charge is 0.169 e. The molecule has 4 aromatic heterocycles. The third kappa shape index (κ3) is 5.97. The van der Waals surface area contributed by atoms with Crippen LogP contribution in [0.15, 0.2) is 147 Å². The quantitative estimate of drug-likeness (QED) is 0.123. The predicted molar refractivity (Wildman–Crippen MR) is 178 cm³/mol. The molecule has 4 nitrogen and oxygen atoms in total. The highest BCUT2D eigenvalue weighted by atomic mass is 14.9. The molecule has 0 amide bonds. The molecule has 7 rings (SSSR count). The zero-order valence-electron chi connectivity index (χ0n) is 24.9. The third-order valence-corrected chi connectivity index (χ3v) is 8.65. The fourth-order valence-corrected chi connectivity index (χ4v) is 6.41. The number of fused-ring (bicyclic) bond motifs is 2. The van der Waals surface area contributed by atoms with Crippen molar-refractivity contribution < 1.29 is 9.13 Å². The molecule has 0 radical (unpaired) electrons. The molecule has 0 N–H and O–H groups in total. The minimum Gasteiger partial charge on any atom is -0.265 e. The Hall–Kier alpha value is -5.22. The number of nitrogens with zero attached hydrogens (tertiary/aromatic N) is 4. The Kier molecular flexibility index (Phi) is 8.13. The van der Waals surface area contributed by atoms with Crippen molar-refractivity contribution in [1.29, 1.82) is 0 Å². The summed E-state index contributed by atoms with van der Waals surface area (Å²) in [6.07, 6.45) is 20.4. The number of pyridine rings is 4. The summed E-state index contributed by atoms with van der Waals surface area (Å²) >= 11 is 0. The summed E-state index contributed by atoms with van der Waals surface area (Å²) in [6.45, 7) is 1.97. The van der Waals surface area contributed by atoms with Gasteiger partial charge in [-0.3, -0.25) is 9.97 Å². The first kappa shape index (κ1) is 27.6. The fourth-order valence-electron chi connectivity index (χ4n) is 6.41. The summed E-state index contributed by atoms with van der Waals surface area (Å²) in [5.74, 6) is 0. The molecule has 0 aliphatic carbocycles. The van der Waals surface area contributed by atoms with Gasteiger partial charge >= 0.3 is 0 Å². The lowest BCUT2D eigenvalue weighted by molar-refractivity contribution is -0.697. The van der Waals surface area contributed by atoms with Crippen molar-refractivity contribution in [3.8, 4) is 22.3 Å². The number of aromatic nitrogens is 4. The second-order valence-corrected chi connectivity index (χ2v) is 11.4. The van der Waals surface area contributed by atoms with E-state index in [0.29, 0.717) is 0 Å². The SMILES string of the molecule is c1ccc2c(CCC[n+]3ccc(-c4ccncc4)cc3)c3ccccc3c(CCC[n+]3ccc(-c4ccncc4)cc3)c2c1. The van der Waals surface area contributed by atoms with E-state index in [1.165, 1.54) is 54.9 Å². The molecule has 3 aromatic carbocycles. The maximum atomic E-state index is 4.14. The molecule has 0 atom stereocenters. The van der Waals surface area contributed by atoms with Crippen LogP contribution in [0.4, 0.5) is 0 Å². The molecule has 4 heterocycles. The fraction of sp³-hybridized carbons (Fsp3) is 0.150. The van der Waals surface area contributed by atoms with Crippen molar-refractivity contribution in [2.24, 2.45) is 0 Å². The van der Waals surface area contributed by atoms with Crippen LogP contribution in [-0.4, -0.2) is 9.97 Å². The van der Waals surface area contributed by atoms with Gasteiger partial charge in [-0.2, -0.15) is 0 Å². The normalized spacial score (nSPS) is 11.3. The van der Waals surface area contributed by atoms with E-state index in [1.807, 2.05) is 24.8 Å². The van der Waals surface area contributed by atoms with Gasteiger partial charge in [0.2, 0.25) is 0 Å². The molecule has 0 bridgehead atoms. The van der Waals surface area contributed by atoms with Gasteiger partial charge in [0.05, 0.1) is 0 Å². The molecule has 0 unspecified atom stereocenters. The molecule has 0 saturated heterocycles. The third-order valence-electron chi connectivity index (χ3n) is 8.65. The van der Waals surface area contributed by atoms with E-state index in [9.17, 15) is 0 Å². The van der Waals surface area contributed by atoms with Crippen molar-refractivity contribution in [3.63, 3.8) is 0 Å². The van der Waals surface area contributed by atoms with Crippen LogP contribution in [-0.2, 0) is 25.9 Å². The van der Waals surface area contributed by atoms with Crippen LogP contribution >= 0.6 is 0 Å². The largest absolute Gasteiger partial charge is 0.265 e. The van der Waals surface area contributed by atoms with Crippen LogP contribution < -0.4 is 9.13 Å². The molecule has 0 aliphatic rings. The van der Waals surface area contributed by atoms with Crippen molar-refractivity contribution in [2.75, 3.05) is 0 Å². The molecular weight excluding hydrogens is 536 g/mol. The predicted octanol–water partition coefficient (Wildman–Crippen LogP) is 7.96. The van der Waals surface area contributed by atoms with E-state index >= 15 is 0 Å². The molecule has 4 heteroatoms. The van der Waals surface area contributed by atoms with Gasteiger partial charge in [0.15, 0.2) is 24.8 Å². The van der Waals surface area contributed by atoms with E-state index in [1.54, 1.807) is 0 Å². The molecule has 44 heavy (non-hydrogen) atoms. The molecule has 7 aromatic rings. The summed E-state index contributed by atoms with van der Waals surface area (Å²) in [7, 11) is 0. The highest BCUT2D eigenvalue weighted by Gasteiger charge is 2.15. The van der Waals surface area contributed by atoms with Crippen molar-refractivity contribution in [3.05, 3.63) is 158 Å². The number of hydrogen-bond donors (Lipinski definition) is 0. The summed E-state index contributed by atoms with van der Waals surface area (Å²) in [5.41, 5.74) is 7.77. The van der Waals surface area contributed by atoms with Crippen LogP contribution in [0.2, 0.25) is 0 Å². The molecule has 0 saturated carbocycles. The summed E-state index contributed by atoms with van der Waals surface area (Å²) in [4.78, 5) is 8.27. The number of aryl methyl sites for hydroxylation is 4. The highest BCUT2D eigenvalue weighted by Crippen LogP contribution is 2.34. The van der Waals surface area contributed by atoms with Crippen molar-refractivity contribution in [1.82, 2.24) is 9.97 Å². The average molecular weight is 573 g/mol. The van der Waals surface area contributed by atoms with Crippen LogP contribution in [0.3, 0.4) is 0 Å². The minimum absolute atomic E-state index is 0.984. The van der Waals surface area contributed by atoms with Gasteiger partial charge in [0, 0.05) is 61.9 Å². The van der Waals surface area contributed by atoms with E-state index in [4.69, 9.17) is 0 Å². The van der Waals surface area contributed by atoms with Gasteiger partial charge in [-0.05, 0) is 92.0 Å². The van der Waals surface area contributed by atoms with E-state index in [-0.39, 0.29) is 0 Å². The maximum absolute atomic E-state index is 4.14. The van der Waals surface area contributed by atoms with E-state index in [0.717, 1.165) is 38.8 Å². The first-order valence-electron chi connectivity index (χ1n) is 15.5. The number of rotatable bonds is 10. The number of hydrogen-bond acceptors (Lipinski definition) is 2. The van der Waals surface area contributed by atoms with Crippen molar-refractivity contribution >= 4 is 21.5 Å². The molecule has 0 fully saturated rings. The lowest BCUT2D eigenvalue weighted by Gasteiger charge is -2.16. The zero-order chi connectivity index (χ0) is 29.6. The average Bonchev–Trinajstić information content (AvgIpc) is 3.10. The second-order valence-electron chi connectivity index (χ2n) is 11.4. The lowest BCUT2D eigenvalue weighted by atomic mass is 9.88. The van der Waals surface area contributed by atoms with Gasteiger partial charge in [-0.15, -0.1) is 0 Å². The summed E-state index contributed by atoms with van der Waals surface area (Å²) in [6, 6.07) is 35.1. The molecular formula is C40H36N4+2. The van der Waals surface area contributed by atoms with Crippen LogP contribution in [0.5, 0.6) is 0 Å². The Morgan fingerprint density at radius 1 is 0.386 bits per heavy atom. The first-order valence-corrected chi connectivity index (χ1v) is 15.5.